The van der Waals surface area contributed by atoms with Gasteiger partial charge < -0.3 is 4.74 Å². The topological polar surface area (TPSA) is 29.5 Å². The maximum atomic E-state index is 11.6. The van der Waals surface area contributed by atoms with Gasteiger partial charge >= 0.3 is 0 Å². The summed E-state index contributed by atoms with van der Waals surface area (Å²) in [6.07, 6.45) is 1.49. The average molecular weight is 258 g/mol. The molecule has 2 rings (SSSR count). The molecule has 1 aliphatic rings. The minimum Gasteiger partial charge on any atom is -0.369 e. The van der Waals surface area contributed by atoms with Crippen molar-refractivity contribution < 1.29 is 9.53 Å². The number of halogens is 1. The molecule has 0 N–H and O–H groups in total. The molecule has 86 valence electrons. The van der Waals surface area contributed by atoms with Crippen LogP contribution < -0.4 is 0 Å². The highest BCUT2D eigenvalue weighted by atomic mass is 35.5. The number of carbonyl (C=O) groups is 1. The number of benzene rings is 1. The van der Waals surface area contributed by atoms with Gasteiger partial charge in [0, 0.05) is 18.4 Å². The lowest BCUT2D eigenvalue weighted by Gasteiger charge is -2.44. The molecule has 1 aromatic rings. The quantitative estimate of drug-likeness (QED) is 0.616. The SMILES string of the molecule is COC1C(=O)N(SC)C1c1cccc(Cl)c1. The van der Waals surface area contributed by atoms with Gasteiger partial charge in [-0.15, -0.1) is 0 Å². The minimum atomic E-state index is -0.383. The second-order valence-corrected chi connectivity index (χ2v) is 4.70. The van der Waals surface area contributed by atoms with E-state index in [-0.39, 0.29) is 18.1 Å². The number of amides is 1. The van der Waals surface area contributed by atoms with E-state index in [1.165, 1.54) is 11.9 Å². The lowest BCUT2D eigenvalue weighted by atomic mass is 9.94. The Morgan fingerprint density at radius 2 is 2.25 bits per heavy atom. The maximum absolute atomic E-state index is 11.6. The van der Waals surface area contributed by atoms with Gasteiger partial charge in [0.25, 0.3) is 5.91 Å². The van der Waals surface area contributed by atoms with E-state index in [2.05, 4.69) is 0 Å². The number of ether oxygens (including phenoxy) is 1. The largest absolute Gasteiger partial charge is 0.369 e. The van der Waals surface area contributed by atoms with Crippen molar-refractivity contribution in [1.82, 2.24) is 4.31 Å². The molecule has 16 heavy (non-hydrogen) atoms. The van der Waals surface area contributed by atoms with Crippen LogP contribution in [-0.2, 0) is 9.53 Å². The Morgan fingerprint density at radius 3 is 2.81 bits per heavy atom. The van der Waals surface area contributed by atoms with Crippen LogP contribution in [0.15, 0.2) is 24.3 Å². The highest BCUT2D eigenvalue weighted by Gasteiger charge is 2.48. The first-order valence-corrected chi connectivity index (χ1v) is 6.40. The zero-order valence-corrected chi connectivity index (χ0v) is 10.6. The van der Waals surface area contributed by atoms with Crippen LogP contribution in [0.5, 0.6) is 0 Å². The minimum absolute atomic E-state index is 0.0139. The zero-order chi connectivity index (χ0) is 11.7. The van der Waals surface area contributed by atoms with Crippen molar-refractivity contribution >= 4 is 29.5 Å². The summed E-state index contributed by atoms with van der Waals surface area (Å²) < 4.78 is 6.90. The predicted octanol–water partition coefficient (Wildman–Crippen LogP) is 2.52. The number of hydrogen-bond acceptors (Lipinski definition) is 3. The van der Waals surface area contributed by atoms with Crippen LogP contribution in [0.3, 0.4) is 0 Å². The Bertz CT molecular complexity index is 399. The Balaban J connectivity index is 2.28. The van der Waals surface area contributed by atoms with Crippen molar-refractivity contribution in [2.45, 2.75) is 12.1 Å². The smallest absolute Gasteiger partial charge is 0.264 e. The first kappa shape index (κ1) is 11.8. The molecule has 5 heteroatoms. The van der Waals surface area contributed by atoms with Crippen molar-refractivity contribution in [3.05, 3.63) is 34.9 Å². The Labute approximate surface area is 104 Å². The lowest BCUT2D eigenvalue weighted by Crippen LogP contribution is -2.55. The van der Waals surface area contributed by atoms with Crippen LogP contribution in [0.25, 0.3) is 0 Å². The van der Waals surface area contributed by atoms with Crippen molar-refractivity contribution in [3.63, 3.8) is 0 Å². The normalized spacial score (nSPS) is 24.4. The monoisotopic (exact) mass is 257 g/mol. The van der Waals surface area contributed by atoms with Gasteiger partial charge in [0.1, 0.15) is 6.04 Å². The summed E-state index contributed by atoms with van der Waals surface area (Å²) in [7, 11) is 1.55. The molecule has 0 spiro atoms. The van der Waals surface area contributed by atoms with Gasteiger partial charge in [-0.3, -0.25) is 9.10 Å². The van der Waals surface area contributed by atoms with E-state index in [0.717, 1.165) is 5.56 Å². The maximum Gasteiger partial charge on any atom is 0.264 e. The van der Waals surface area contributed by atoms with E-state index in [9.17, 15) is 4.79 Å². The van der Waals surface area contributed by atoms with E-state index < -0.39 is 0 Å². The number of nitrogens with zero attached hydrogens (tertiary/aromatic N) is 1. The summed E-state index contributed by atoms with van der Waals surface area (Å²) in [6.45, 7) is 0. The van der Waals surface area contributed by atoms with Crippen LogP contribution in [-0.4, -0.2) is 29.7 Å². The molecule has 0 radical (unpaired) electrons. The molecular weight excluding hydrogens is 246 g/mol. The van der Waals surface area contributed by atoms with E-state index in [4.69, 9.17) is 16.3 Å². The molecule has 0 bridgehead atoms. The second kappa shape index (κ2) is 4.65. The fourth-order valence-corrected chi connectivity index (χ4v) is 2.81. The number of rotatable bonds is 3. The van der Waals surface area contributed by atoms with Crippen LogP contribution >= 0.6 is 23.5 Å². The number of β-lactam (4-membered cyclic amide) rings is 1. The fourth-order valence-electron chi connectivity index (χ4n) is 1.87. The molecule has 1 heterocycles. The molecule has 1 aromatic carbocycles. The second-order valence-electron chi connectivity index (χ2n) is 3.50. The van der Waals surface area contributed by atoms with Gasteiger partial charge in [-0.1, -0.05) is 35.7 Å². The highest BCUT2D eigenvalue weighted by molar-refractivity contribution is 7.96. The molecule has 0 saturated carbocycles. The van der Waals surface area contributed by atoms with E-state index in [1.54, 1.807) is 11.4 Å². The van der Waals surface area contributed by atoms with Gasteiger partial charge in [-0.2, -0.15) is 0 Å². The van der Waals surface area contributed by atoms with Gasteiger partial charge in [-0.05, 0) is 17.7 Å². The van der Waals surface area contributed by atoms with Crippen molar-refractivity contribution in [2.24, 2.45) is 0 Å². The van der Waals surface area contributed by atoms with Gasteiger partial charge in [0.15, 0.2) is 6.10 Å². The predicted molar refractivity (Wildman–Crippen MR) is 65.4 cm³/mol. The Hall–Kier alpha value is -0.710. The average Bonchev–Trinajstić information content (AvgIpc) is 2.27. The highest BCUT2D eigenvalue weighted by Crippen LogP contribution is 2.41. The first-order chi connectivity index (χ1) is 7.69. The summed E-state index contributed by atoms with van der Waals surface area (Å²) in [5, 5.41) is 0.674. The third kappa shape index (κ3) is 1.81. The number of methoxy groups -OCH3 is 1. The third-order valence-electron chi connectivity index (χ3n) is 2.64. The summed E-state index contributed by atoms with van der Waals surface area (Å²) in [5.41, 5.74) is 1.01. The molecule has 0 aromatic heterocycles. The van der Waals surface area contributed by atoms with Crippen LogP contribution in [0.2, 0.25) is 5.02 Å². The van der Waals surface area contributed by atoms with E-state index in [1.807, 2.05) is 30.5 Å². The Kier molecular flexibility index (Phi) is 3.42. The van der Waals surface area contributed by atoms with E-state index in [0.29, 0.717) is 5.02 Å². The molecule has 0 aliphatic carbocycles. The van der Waals surface area contributed by atoms with Crippen LogP contribution in [0, 0.1) is 0 Å². The van der Waals surface area contributed by atoms with Crippen molar-refractivity contribution in [1.29, 1.82) is 0 Å². The molecule has 1 fully saturated rings. The number of carbonyl (C=O) groups excluding carboxylic acids is 1. The molecule has 3 nitrogen and oxygen atoms in total. The van der Waals surface area contributed by atoms with Crippen LogP contribution in [0.1, 0.15) is 11.6 Å². The summed E-state index contributed by atoms with van der Waals surface area (Å²) in [4.78, 5) is 11.6. The fraction of sp³-hybridized carbons (Fsp3) is 0.364. The number of hydrogen-bond donors (Lipinski definition) is 0. The van der Waals surface area contributed by atoms with E-state index >= 15 is 0 Å². The Morgan fingerprint density at radius 1 is 1.50 bits per heavy atom. The van der Waals surface area contributed by atoms with Gasteiger partial charge in [0.05, 0.1) is 0 Å². The van der Waals surface area contributed by atoms with Crippen LogP contribution in [0.4, 0.5) is 0 Å². The first-order valence-electron chi connectivity index (χ1n) is 4.84. The van der Waals surface area contributed by atoms with Crippen molar-refractivity contribution in [2.75, 3.05) is 13.4 Å². The summed E-state index contributed by atoms with van der Waals surface area (Å²) in [6, 6.07) is 7.49. The summed E-state index contributed by atoms with van der Waals surface area (Å²) in [5.74, 6) is 0.0139. The molecule has 1 amide bonds. The molecule has 1 saturated heterocycles. The zero-order valence-electron chi connectivity index (χ0n) is 9.01. The molecule has 2 unspecified atom stereocenters. The molecule has 2 atom stereocenters. The lowest BCUT2D eigenvalue weighted by molar-refractivity contribution is -0.158. The van der Waals surface area contributed by atoms with Crippen molar-refractivity contribution in [3.8, 4) is 0 Å². The standard InChI is InChI=1S/C11H12ClNO2S/c1-15-10-9(13(16-2)11(10)14)7-4-3-5-8(12)6-7/h3-6,9-10H,1-2H3. The molecular formula is C11H12ClNO2S. The summed E-state index contributed by atoms with van der Waals surface area (Å²) >= 11 is 7.35. The van der Waals surface area contributed by atoms with Gasteiger partial charge in [-0.25, -0.2) is 0 Å². The third-order valence-corrected chi connectivity index (χ3v) is 3.68. The van der Waals surface area contributed by atoms with Gasteiger partial charge in [0.2, 0.25) is 0 Å². The molecule has 1 aliphatic heterocycles.